The van der Waals surface area contributed by atoms with E-state index in [4.69, 9.17) is 9.97 Å². The van der Waals surface area contributed by atoms with E-state index >= 15 is 0 Å². The van der Waals surface area contributed by atoms with Crippen LogP contribution < -0.4 is 5.46 Å². The van der Waals surface area contributed by atoms with E-state index < -0.39 is 0 Å². The highest BCUT2D eigenvalue weighted by Crippen LogP contribution is 2.35. The van der Waals surface area contributed by atoms with Crippen molar-refractivity contribution in [3.05, 3.63) is 112 Å². The van der Waals surface area contributed by atoms with Crippen molar-refractivity contribution in [1.82, 2.24) is 19.9 Å². The molecule has 0 aliphatic carbocycles. The summed E-state index contributed by atoms with van der Waals surface area (Å²) in [6, 6.07) is 22.6. The lowest BCUT2D eigenvalue weighted by Crippen LogP contribution is -2.07. The summed E-state index contributed by atoms with van der Waals surface area (Å²) in [7, 11) is 2.10. The van der Waals surface area contributed by atoms with Gasteiger partial charge in [0.2, 0.25) is 0 Å². The second-order valence-corrected chi connectivity index (χ2v) is 11.1. The minimum absolute atomic E-state index is 0.640. The van der Waals surface area contributed by atoms with Crippen LogP contribution in [0.4, 0.5) is 0 Å². The number of aromatic nitrogens is 4. The number of benzene rings is 2. The van der Waals surface area contributed by atoms with Crippen molar-refractivity contribution in [2.24, 2.45) is 0 Å². The lowest BCUT2D eigenvalue weighted by molar-refractivity contribution is 0.112. The highest BCUT2D eigenvalue weighted by Gasteiger charge is 2.17. The lowest BCUT2D eigenvalue weighted by atomic mass is 9.92. The molecule has 202 valence electrons. The summed E-state index contributed by atoms with van der Waals surface area (Å²) in [5, 5.41) is 0. The molecule has 3 aromatic heterocycles. The molecule has 2 aliphatic heterocycles. The van der Waals surface area contributed by atoms with E-state index in [9.17, 15) is 4.79 Å². The number of aryl methyl sites for hydroxylation is 3. The second-order valence-electron chi connectivity index (χ2n) is 11.1. The smallest absolute Gasteiger partial charge is 0.150 e. The molecule has 7 rings (SSSR count). The fourth-order valence-electron chi connectivity index (χ4n) is 6.15. The van der Waals surface area contributed by atoms with Crippen molar-refractivity contribution in [1.29, 1.82) is 0 Å². The van der Waals surface area contributed by atoms with E-state index in [0.29, 0.717) is 5.56 Å². The number of hydrogen-bond donors (Lipinski definition) is 2. The van der Waals surface area contributed by atoms with Gasteiger partial charge in [0.1, 0.15) is 14.1 Å². The number of rotatable bonds is 3. The van der Waals surface area contributed by atoms with Gasteiger partial charge in [-0.1, -0.05) is 42.0 Å². The van der Waals surface area contributed by atoms with E-state index in [2.05, 4.69) is 99.3 Å². The monoisotopic (exact) mass is 544 g/mol. The standard InChI is InChI=1S/C36H29BN4O/c1-20-16-21(2)33(22(3)17-20)35-29-11-9-26(39-29)18-25-8-10-27(38-25)34(24-6-4-23(19-42)5-7-24)28-12-14-31(40-28)36(37)32-15-13-30(35)41-32/h4-19,39-40H,37H2,1-3H3. The van der Waals surface area contributed by atoms with Crippen molar-refractivity contribution in [3.8, 4) is 22.3 Å². The first-order valence-corrected chi connectivity index (χ1v) is 14.1. The van der Waals surface area contributed by atoms with E-state index in [0.717, 1.165) is 73.3 Å². The van der Waals surface area contributed by atoms with Crippen LogP contribution in [-0.2, 0) is 0 Å². The average Bonchev–Trinajstić information content (AvgIpc) is 3.79. The molecule has 0 radical (unpaired) electrons. The minimum atomic E-state index is 0.640. The van der Waals surface area contributed by atoms with Crippen LogP contribution in [0.1, 0.15) is 49.8 Å². The van der Waals surface area contributed by atoms with Gasteiger partial charge in [-0.25, -0.2) is 9.97 Å². The Morgan fingerprint density at radius 2 is 1.29 bits per heavy atom. The molecule has 0 fully saturated rings. The Morgan fingerprint density at radius 1 is 0.643 bits per heavy atom. The van der Waals surface area contributed by atoms with Crippen molar-refractivity contribution in [3.63, 3.8) is 0 Å². The molecule has 0 saturated carbocycles. The number of fused-ring (bicyclic) bond motifs is 8. The first-order chi connectivity index (χ1) is 20.4. The molecule has 0 amide bonds. The Kier molecular flexibility index (Phi) is 6.12. The van der Waals surface area contributed by atoms with Crippen LogP contribution in [0.2, 0.25) is 0 Å². The zero-order valence-electron chi connectivity index (χ0n) is 24.0. The molecule has 5 nitrogen and oxygen atoms in total. The maximum atomic E-state index is 11.3. The molecule has 2 N–H and O–H groups in total. The molecular formula is C36H29BN4O. The van der Waals surface area contributed by atoms with Crippen LogP contribution >= 0.6 is 0 Å². The number of nitrogens with one attached hydrogen (secondary N) is 2. The number of carbonyl (C=O) groups is 1. The number of aromatic amines is 2. The number of H-pyrrole nitrogens is 2. The summed E-state index contributed by atoms with van der Waals surface area (Å²) in [6.45, 7) is 6.49. The first kappa shape index (κ1) is 25.7. The van der Waals surface area contributed by atoms with Crippen LogP contribution in [0.5, 0.6) is 0 Å². The Labute approximate surface area is 245 Å². The molecule has 2 aromatic carbocycles. The predicted molar refractivity (Wildman–Crippen MR) is 178 cm³/mol. The SMILES string of the molecule is Bc1c2nc(c(-c3c(C)cc(C)cc3C)c3ccc(cc4nc(c(-c5ccc(C=O)cc5)c5ccc1[nH]5)C=C4)[nH]3)C=C2. The average molecular weight is 544 g/mol. The fourth-order valence-corrected chi connectivity index (χ4v) is 6.15. The van der Waals surface area contributed by atoms with Gasteiger partial charge >= 0.3 is 0 Å². The first-order valence-electron chi connectivity index (χ1n) is 14.1. The molecule has 0 unspecified atom stereocenters. The maximum Gasteiger partial charge on any atom is 0.150 e. The summed E-state index contributed by atoms with van der Waals surface area (Å²) in [4.78, 5) is 28.8. The summed E-state index contributed by atoms with van der Waals surface area (Å²) in [5.74, 6) is 0. The molecule has 8 bridgehead atoms. The van der Waals surface area contributed by atoms with Gasteiger partial charge in [-0.2, -0.15) is 0 Å². The molecule has 42 heavy (non-hydrogen) atoms. The van der Waals surface area contributed by atoms with Crippen molar-refractivity contribution >= 4 is 66.0 Å². The van der Waals surface area contributed by atoms with Crippen molar-refractivity contribution in [2.45, 2.75) is 20.8 Å². The van der Waals surface area contributed by atoms with Gasteiger partial charge in [-0.05, 0) is 103 Å². The van der Waals surface area contributed by atoms with E-state index in [1.807, 2.05) is 30.3 Å². The van der Waals surface area contributed by atoms with Crippen molar-refractivity contribution < 1.29 is 4.79 Å². The topological polar surface area (TPSA) is 74.4 Å². The third-order valence-corrected chi connectivity index (χ3v) is 8.10. The van der Waals surface area contributed by atoms with Gasteiger partial charge in [-0.3, -0.25) is 4.79 Å². The molecule has 5 heterocycles. The van der Waals surface area contributed by atoms with Crippen LogP contribution in [-0.4, -0.2) is 34.1 Å². The van der Waals surface area contributed by atoms with Crippen LogP contribution in [0.15, 0.2) is 66.7 Å². The van der Waals surface area contributed by atoms with Gasteiger partial charge in [0.15, 0.2) is 0 Å². The van der Waals surface area contributed by atoms with E-state index in [-0.39, 0.29) is 0 Å². The van der Waals surface area contributed by atoms with Crippen LogP contribution in [0.3, 0.4) is 0 Å². The molecule has 6 heteroatoms. The Hall–Kier alpha value is -5.23. The molecule has 2 aliphatic rings. The van der Waals surface area contributed by atoms with E-state index in [1.54, 1.807) is 0 Å². The summed E-state index contributed by atoms with van der Waals surface area (Å²) in [5.41, 5.74) is 17.2. The highest BCUT2D eigenvalue weighted by molar-refractivity contribution is 6.38. The van der Waals surface area contributed by atoms with Gasteiger partial charge in [0.25, 0.3) is 0 Å². The fraction of sp³-hybridized carbons (Fsp3) is 0.0833. The normalized spacial score (nSPS) is 12.2. The Balaban J connectivity index is 1.59. The van der Waals surface area contributed by atoms with Gasteiger partial charge in [0, 0.05) is 38.8 Å². The summed E-state index contributed by atoms with van der Waals surface area (Å²) in [6.07, 6.45) is 9.18. The van der Waals surface area contributed by atoms with Gasteiger partial charge in [-0.15, -0.1) is 0 Å². The van der Waals surface area contributed by atoms with Crippen LogP contribution in [0, 0.1) is 20.8 Å². The van der Waals surface area contributed by atoms with Crippen LogP contribution in [0.25, 0.3) is 68.6 Å². The largest absolute Gasteiger partial charge is 0.355 e. The number of carbonyl (C=O) groups excluding carboxylic acids is 1. The maximum absolute atomic E-state index is 11.3. The summed E-state index contributed by atoms with van der Waals surface area (Å²) < 4.78 is 0. The molecule has 0 spiro atoms. The van der Waals surface area contributed by atoms with Gasteiger partial charge in [0.05, 0.1) is 22.8 Å². The third-order valence-electron chi connectivity index (χ3n) is 8.10. The zero-order chi connectivity index (χ0) is 29.0. The molecular weight excluding hydrogens is 515 g/mol. The highest BCUT2D eigenvalue weighted by atomic mass is 16.1. The van der Waals surface area contributed by atoms with E-state index in [1.165, 1.54) is 22.3 Å². The molecule has 5 aromatic rings. The summed E-state index contributed by atoms with van der Waals surface area (Å²) >= 11 is 0. The second kappa shape index (κ2) is 10.00. The molecule has 0 atom stereocenters. The predicted octanol–water partition coefficient (Wildman–Crippen LogP) is 6.99. The number of nitrogens with zero attached hydrogens (tertiary/aromatic N) is 2. The van der Waals surface area contributed by atoms with Crippen molar-refractivity contribution in [2.75, 3.05) is 0 Å². The Morgan fingerprint density at radius 3 is 2.05 bits per heavy atom. The molecule has 0 saturated heterocycles. The third kappa shape index (κ3) is 4.42. The van der Waals surface area contributed by atoms with Gasteiger partial charge < -0.3 is 9.97 Å². The quantitative estimate of drug-likeness (QED) is 0.186. The Bertz CT molecular complexity index is 2120. The minimum Gasteiger partial charge on any atom is -0.355 e. The number of hydrogen-bond acceptors (Lipinski definition) is 3. The zero-order valence-corrected chi connectivity index (χ0v) is 24.0. The lowest BCUT2D eigenvalue weighted by Gasteiger charge is -2.13. The number of aldehydes is 1.